The molecule has 144 valence electrons. The third-order valence-corrected chi connectivity index (χ3v) is 5.10. The van der Waals surface area contributed by atoms with Crippen molar-refractivity contribution in [2.45, 2.75) is 44.2 Å². The maximum Gasteiger partial charge on any atom is 0.255 e. The number of hydrogen-bond acceptors (Lipinski definition) is 4. The fraction of sp³-hybridized carbons (Fsp3) is 0.409. The molecule has 5 heteroatoms. The number of benzene rings is 2. The van der Waals surface area contributed by atoms with Gasteiger partial charge in [0.05, 0.1) is 12.7 Å². The van der Waals surface area contributed by atoms with E-state index in [4.69, 9.17) is 4.74 Å². The molecule has 0 saturated heterocycles. The lowest BCUT2D eigenvalue weighted by molar-refractivity contribution is 0.00467. The Balaban J connectivity index is 1.54. The molecule has 3 N–H and O–H groups in total. The lowest BCUT2D eigenvalue weighted by atomic mass is 9.85. The van der Waals surface area contributed by atoms with E-state index < -0.39 is 5.60 Å². The molecule has 0 aliphatic heterocycles. The van der Waals surface area contributed by atoms with Crippen LogP contribution < -0.4 is 15.4 Å². The number of hydrogen-bond donors (Lipinski definition) is 3. The quantitative estimate of drug-likeness (QED) is 0.696. The Labute approximate surface area is 160 Å². The van der Waals surface area contributed by atoms with Gasteiger partial charge in [-0.1, -0.05) is 31.4 Å². The van der Waals surface area contributed by atoms with Crippen molar-refractivity contribution in [3.05, 3.63) is 59.7 Å². The van der Waals surface area contributed by atoms with E-state index in [1.54, 1.807) is 31.4 Å². The molecule has 0 aromatic heterocycles. The van der Waals surface area contributed by atoms with Crippen LogP contribution in [0.5, 0.6) is 5.75 Å². The van der Waals surface area contributed by atoms with E-state index >= 15 is 0 Å². The van der Waals surface area contributed by atoms with E-state index in [1.807, 2.05) is 24.3 Å². The highest BCUT2D eigenvalue weighted by molar-refractivity contribution is 6.04. The molecule has 2 aromatic rings. The minimum absolute atomic E-state index is 0.153. The van der Waals surface area contributed by atoms with Crippen molar-refractivity contribution in [3.63, 3.8) is 0 Å². The average Bonchev–Trinajstić information content (AvgIpc) is 2.69. The van der Waals surface area contributed by atoms with E-state index in [2.05, 4.69) is 10.6 Å². The Bertz CT molecular complexity index is 752. The number of carbonyl (C=O) groups is 1. The number of carbonyl (C=O) groups excluding carboxylic acids is 1. The van der Waals surface area contributed by atoms with Gasteiger partial charge >= 0.3 is 0 Å². The molecule has 1 amide bonds. The van der Waals surface area contributed by atoms with Crippen molar-refractivity contribution in [1.29, 1.82) is 0 Å². The minimum Gasteiger partial charge on any atom is -0.497 e. The first-order valence-corrected chi connectivity index (χ1v) is 9.55. The molecule has 0 spiro atoms. The lowest BCUT2D eigenvalue weighted by Crippen LogP contribution is -2.41. The largest absolute Gasteiger partial charge is 0.497 e. The predicted octanol–water partition coefficient (Wildman–Crippen LogP) is 3.73. The zero-order valence-electron chi connectivity index (χ0n) is 15.8. The fourth-order valence-electron chi connectivity index (χ4n) is 3.53. The predicted molar refractivity (Wildman–Crippen MR) is 107 cm³/mol. The van der Waals surface area contributed by atoms with E-state index in [-0.39, 0.29) is 5.91 Å². The molecular formula is C22H28N2O3. The average molecular weight is 368 g/mol. The molecule has 1 saturated carbocycles. The third-order valence-electron chi connectivity index (χ3n) is 5.10. The van der Waals surface area contributed by atoms with Gasteiger partial charge in [0.2, 0.25) is 0 Å². The monoisotopic (exact) mass is 368 g/mol. The third kappa shape index (κ3) is 5.55. The summed E-state index contributed by atoms with van der Waals surface area (Å²) in [6.07, 6.45) is 5.17. The van der Waals surface area contributed by atoms with Crippen molar-refractivity contribution < 1.29 is 14.6 Å². The number of methoxy groups -OCH3 is 1. The second-order valence-electron chi connectivity index (χ2n) is 7.27. The van der Waals surface area contributed by atoms with Crippen molar-refractivity contribution in [2.75, 3.05) is 19.0 Å². The van der Waals surface area contributed by atoms with Gasteiger partial charge in [0.15, 0.2) is 0 Å². The second-order valence-corrected chi connectivity index (χ2v) is 7.27. The maximum absolute atomic E-state index is 12.4. The molecule has 0 radical (unpaired) electrons. The Hall–Kier alpha value is -2.37. The number of aliphatic hydroxyl groups is 1. The zero-order valence-corrected chi connectivity index (χ0v) is 15.8. The number of nitrogens with one attached hydrogen (secondary N) is 2. The molecule has 1 aliphatic carbocycles. The highest BCUT2D eigenvalue weighted by Gasteiger charge is 2.28. The van der Waals surface area contributed by atoms with Crippen LogP contribution in [0, 0.1) is 0 Å². The van der Waals surface area contributed by atoms with E-state index in [1.165, 1.54) is 6.42 Å². The van der Waals surface area contributed by atoms with Gasteiger partial charge in [-0.25, -0.2) is 0 Å². The van der Waals surface area contributed by atoms with Crippen LogP contribution in [0.2, 0.25) is 0 Å². The molecule has 0 atom stereocenters. The standard InChI is InChI=1S/C22H28N2O3/c1-27-20-10-8-18(9-11-20)21(25)24-19-7-5-6-17(14-19)15-23-16-22(26)12-3-2-4-13-22/h5-11,14,23,26H,2-4,12-13,15-16H2,1H3,(H,24,25). The van der Waals surface area contributed by atoms with Gasteiger partial charge in [0, 0.05) is 24.3 Å². The lowest BCUT2D eigenvalue weighted by Gasteiger charge is -2.32. The van der Waals surface area contributed by atoms with Gasteiger partial charge in [-0.15, -0.1) is 0 Å². The van der Waals surface area contributed by atoms with E-state index in [0.29, 0.717) is 18.7 Å². The SMILES string of the molecule is COc1ccc(C(=O)Nc2cccc(CNCC3(O)CCCCC3)c2)cc1. The van der Waals surface area contributed by atoms with Crippen LogP contribution in [0.25, 0.3) is 0 Å². The molecule has 5 nitrogen and oxygen atoms in total. The Morgan fingerprint density at radius 2 is 1.85 bits per heavy atom. The van der Waals surface area contributed by atoms with Crippen LogP contribution in [0.1, 0.15) is 48.0 Å². The number of amides is 1. The number of ether oxygens (including phenoxy) is 1. The topological polar surface area (TPSA) is 70.6 Å². The first-order chi connectivity index (χ1) is 13.1. The van der Waals surface area contributed by atoms with Crippen LogP contribution >= 0.6 is 0 Å². The first-order valence-electron chi connectivity index (χ1n) is 9.55. The van der Waals surface area contributed by atoms with Gasteiger partial charge in [0.1, 0.15) is 5.75 Å². The molecule has 2 aromatic carbocycles. The summed E-state index contributed by atoms with van der Waals surface area (Å²) in [5.41, 5.74) is 1.84. The number of anilines is 1. The van der Waals surface area contributed by atoms with Crippen LogP contribution in [0.15, 0.2) is 48.5 Å². The van der Waals surface area contributed by atoms with Gasteiger partial charge in [-0.05, 0) is 54.8 Å². The Morgan fingerprint density at radius 1 is 1.11 bits per heavy atom. The summed E-state index contributed by atoms with van der Waals surface area (Å²) in [5, 5.41) is 16.8. The molecule has 27 heavy (non-hydrogen) atoms. The highest BCUT2D eigenvalue weighted by Crippen LogP contribution is 2.27. The van der Waals surface area contributed by atoms with Crippen LogP contribution in [-0.2, 0) is 6.54 Å². The minimum atomic E-state index is -0.571. The van der Waals surface area contributed by atoms with Gasteiger partial charge in [-0.2, -0.15) is 0 Å². The zero-order chi connectivity index (χ0) is 19.1. The molecular weight excluding hydrogens is 340 g/mol. The van der Waals surface area contributed by atoms with Crippen LogP contribution in [0.3, 0.4) is 0 Å². The summed E-state index contributed by atoms with van der Waals surface area (Å²) in [7, 11) is 1.60. The number of rotatable bonds is 7. The van der Waals surface area contributed by atoms with Gasteiger partial charge in [-0.3, -0.25) is 4.79 Å². The summed E-state index contributed by atoms with van der Waals surface area (Å²) in [5.74, 6) is 0.568. The first kappa shape index (κ1) is 19.4. The van der Waals surface area contributed by atoms with Crippen LogP contribution in [0.4, 0.5) is 5.69 Å². The summed E-state index contributed by atoms with van der Waals surface area (Å²) in [6.45, 7) is 1.27. The second kappa shape index (κ2) is 9.02. The summed E-state index contributed by atoms with van der Waals surface area (Å²) in [4.78, 5) is 12.4. The summed E-state index contributed by atoms with van der Waals surface area (Å²) < 4.78 is 5.11. The molecule has 1 fully saturated rings. The summed E-state index contributed by atoms with van der Waals surface area (Å²) >= 11 is 0. The normalized spacial score (nSPS) is 15.9. The molecule has 3 rings (SSSR count). The molecule has 0 bridgehead atoms. The molecule has 1 aliphatic rings. The van der Waals surface area contributed by atoms with E-state index in [0.717, 1.165) is 42.7 Å². The van der Waals surface area contributed by atoms with Crippen LogP contribution in [-0.4, -0.2) is 30.3 Å². The Kier molecular flexibility index (Phi) is 6.48. The Morgan fingerprint density at radius 3 is 2.56 bits per heavy atom. The fourth-order valence-corrected chi connectivity index (χ4v) is 3.53. The van der Waals surface area contributed by atoms with Crippen molar-refractivity contribution in [1.82, 2.24) is 5.32 Å². The summed E-state index contributed by atoms with van der Waals surface area (Å²) in [6, 6.07) is 14.8. The maximum atomic E-state index is 12.4. The molecule has 0 heterocycles. The van der Waals surface area contributed by atoms with E-state index in [9.17, 15) is 9.90 Å². The van der Waals surface area contributed by atoms with Crippen molar-refractivity contribution in [2.24, 2.45) is 0 Å². The van der Waals surface area contributed by atoms with Gasteiger partial charge in [0.25, 0.3) is 5.91 Å². The smallest absolute Gasteiger partial charge is 0.255 e. The highest BCUT2D eigenvalue weighted by atomic mass is 16.5. The van der Waals surface area contributed by atoms with Gasteiger partial charge < -0.3 is 20.5 Å². The van der Waals surface area contributed by atoms with Crippen molar-refractivity contribution in [3.8, 4) is 5.75 Å². The molecule has 0 unspecified atom stereocenters. The van der Waals surface area contributed by atoms with Crippen molar-refractivity contribution >= 4 is 11.6 Å².